The molecule has 0 radical (unpaired) electrons. The van der Waals surface area contributed by atoms with Gasteiger partial charge in [0.05, 0.1) is 5.69 Å². The molecule has 0 aliphatic heterocycles. The minimum atomic E-state index is -4.43. The molecule has 18 heavy (non-hydrogen) atoms. The highest BCUT2D eigenvalue weighted by atomic mass is 19.4. The Kier molecular flexibility index (Phi) is 3.04. The van der Waals surface area contributed by atoms with E-state index in [2.05, 4.69) is 10.3 Å². The van der Waals surface area contributed by atoms with Gasteiger partial charge in [-0.3, -0.25) is 4.79 Å². The second kappa shape index (κ2) is 4.25. The molecule has 5 nitrogen and oxygen atoms in total. The van der Waals surface area contributed by atoms with Crippen LogP contribution in [0.4, 0.5) is 13.2 Å². The van der Waals surface area contributed by atoms with Gasteiger partial charge in [-0.2, -0.15) is 13.2 Å². The number of alkyl halides is 3. The number of carbonyl (C=O) groups is 1. The molecular formula is C10H13F3N4O. The van der Waals surface area contributed by atoms with E-state index in [0.717, 1.165) is 24.4 Å². The molecule has 1 atom stereocenters. The number of nitrogens with zero attached hydrogens (tertiary/aromatic N) is 3. The van der Waals surface area contributed by atoms with Crippen LogP contribution in [-0.4, -0.2) is 27.1 Å². The van der Waals surface area contributed by atoms with E-state index in [1.807, 2.05) is 0 Å². The second-order valence-electron chi connectivity index (χ2n) is 4.56. The third kappa shape index (κ3) is 2.46. The quantitative estimate of drug-likeness (QED) is 0.892. The van der Waals surface area contributed by atoms with Crippen LogP contribution < -0.4 is 5.73 Å². The van der Waals surface area contributed by atoms with Crippen molar-refractivity contribution in [1.29, 1.82) is 0 Å². The van der Waals surface area contributed by atoms with Crippen molar-refractivity contribution in [2.45, 2.75) is 38.4 Å². The SMILES string of the molecule is CC(n1nnc(C(N)=O)c1CC1CC1)C(F)(F)F. The molecule has 1 aromatic rings. The molecule has 0 bridgehead atoms. The lowest BCUT2D eigenvalue weighted by Gasteiger charge is -2.17. The number of carbonyl (C=O) groups excluding carboxylic acids is 1. The highest BCUT2D eigenvalue weighted by molar-refractivity contribution is 5.91. The monoisotopic (exact) mass is 262 g/mol. The van der Waals surface area contributed by atoms with E-state index in [4.69, 9.17) is 5.73 Å². The van der Waals surface area contributed by atoms with Gasteiger partial charge >= 0.3 is 6.18 Å². The zero-order valence-corrected chi connectivity index (χ0v) is 9.74. The fourth-order valence-corrected chi connectivity index (χ4v) is 1.74. The first-order valence-corrected chi connectivity index (χ1v) is 5.61. The third-order valence-electron chi connectivity index (χ3n) is 3.04. The van der Waals surface area contributed by atoms with Crippen LogP contribution in [0.15, 0.2) is 0 Å². The van der Waals surface area contributed by atoms with Crippen LogP contribution in [-0.2, 0) is 6.42 Å². The smallest absolute Gasteiger partial charge is 0.364 e. The van der Waals surface area contributed by atoms with E-state index in [1.165, 1.54) is 0 Å². The highest BCUT2D eigenvalue weighted by Crippen LogP contribution is 2.36. The maximum atomic E-state index is 12.7. The normalized spacial score (nSPS) is 17.8. The maximum Gasteiger partial charge on any atom is 0.410 e. The molecule has 100 valence electrons. The predicted octanol–water partition coefficient (Wildman–Crippen LogP) is 1.45. The average molecular weight is 262 g/mol. The van der Waals surface area contributed by atoms with E-state index in [1.54, 1.807) is 0 Å². The van der Waals surface area contributed by atoms with Crippen molar-refractivity contribution in [3.8, 4) is 0 Å². The maximum absolute atomic E-state index is 12.7. The largest absolute Gasteiger partial charge is 0.410 e. The first kappa shape index (κ1) is 12.8. The number of rotatable bonds is 4. The van der Waals surface area contributed by atoms with Crippen molar-refractivity contribution >= 4 is 5.91 Å². The molecule has 0 saturated heterocycles. The van der Waals surface area contributed by atoms with Crippen molar-refractivity contribution in [2.24, 2.45) is 11.7 Å². The Morgan fingerprint density at radius 1 is 1.56 bits per heavy atom. The van der Waals surface area contributed by atoms with Gasteiger partial charge in [-0.15, -0.1) is 5.10 Å². The van der Waals surface area contributed by atoms with E-state index < -0.39 is 18.1 Å². The Labute approximate surface area is 101 Å². The Hall–Kier alpha value is -1.60. The summed E-state index contributed by atoms with van der Waals surface area (Å²) >= 11 is 0. The van der Waals surface area contributed by atoms with E-state index in [9.17, 15) is 18.0 Å². The lowest BCUT2D eigenvalue weighted by Crippen LogP contribution is -2.27. The molecule has 1 fully saturated rings. The topological polar surface area (TPSA) is 73.8 Å². The minimum Gasteiger partial charge on any atom is -0.364 e. The van der Waals surface area contributed by atoms with Crippen LogP contribution >= 0.6 is 0 Å². The number of amides is 1. The number of aromatic nitrogens is 3. The van der Waals surface area contributed by atoms with Gasteiger partial charge in [0.25, 0.3) is 5.91 Å². The van der Waals surface area contributed by atoms with Gasteiger partial charge in [0.15, 0.2) is 5.69 Å². The van der Waals surface area contributed by atoms with Gasteiger partial charge < -0.3 is 5.73 Å². The van der Waals surface area contributed by atoms with Crippen molar-refractivity contribution in [3.05, 3.63) is 11.4 Å². The van der Waals surface area contributed by atoms with Gasteiger partial charge in [-0.1, -0.05) is 5.21 Å². The molecular weight excluding hydrogens is 249 g/mol. The van der Waals surface area contributed by atoms with Crippen LogP contribution in [0.1, 0.15) is 42.0 Å². The summed E-state index contributed by atoms with van der Waals surface area (Å²) in [5.41, 5.74) is 5.13. The Bertz CT molecular complexity index is 464. The minimum absolute atomic E-state index is 0.155. The summed E-state index contributed by atoms with van der Waals surface area (Å²) in [5.74, 6) is -0.535. The predicted molar refractivity (Wildman–Crippen MR) is 55.7 cm³/mol. The first-order chi connectivity index (χ1) is 8.30. The summed E-state index contributed by atoms with van der Waals surface area (Å²) in [5, 5.41) is 6.90. The zero-order chi connectivity index (χ0) is 13.5. The summed E-state index contributed by atoms with van der Waals surface area (Å²) in [4.78, 5) is 11.1. The molecule has 1 unspecified atom stereocenters. The molecule has 1 saturated carbocycles. The Balaban J connectivity index is 2.36. The molecule has 1 heterocycles. The van der Waals surface area contributed by atoms with Gasteiger partial charge in [0.1, 0.15) is 6.04 Å². The third-order valence-corrected chi connectivity index (χ3v) is 3.04. The Morgan fingerprint density at radius 2 is 2.17 bits per heavy atom. The van der Waals surface area contributed by atoms with Crippen LogP contribution in [0.3, 0.4) is 0 Å². The molecule has 0 aromatic carbocycles. The molecule has 2 N–H and O–H groups in total. The van der Waals surface area contributed by atoms with Crippen LogP contribution in [0.5, 0.6) is 0 Å². The molecule has 2 rings (SSSR count). The van der Waals surface area contributed by atoms with Gasteiger partial charge in [0.2, 0.25) is 0 Å². The molecule has 8 heteroatoms. The summed E-state index contributed by atoms with van der Waals surface area (Å²) in [6.07, 6.45) is -2.17. The number of hydrogen-bond donors (Lipinski definition) is 1. The number of halogens is 3. The van der Waals surface area contributed by atoms with E-state index in [0.29, 0.717) is 12.3 Å². The molecule has 1 aromatic heterocycles. The lowest BCUT2D eigenvalue weighted by atomic mass is 10.1. The lowest BCUT2D eigenvalue weighted by molar-refractivity contribution is -0.166. The summed E-state index contributed by atoms with van der Waals surface area (Å²) in [7, 11) is 0. The fourth-order valence-electron chi connectivity index (χ4n) is 1.74. The van der Waals surface area contributed by atoms with Crippen molar-refractivity contribution < 1.29 is 18.0 Å². The highest BCUT2D eigenvalue weighted by Gasteiger charge is 2.41. The molecule has 1 aliphatic carbocycles. The van der Waals surface area contributed by atoms with Crippen LogP contribution in [0.2, 0.25) is 0 Å². The fraction of sp³-hybridized carbons (Fsp3) is 0.700. The summed E-state index contributed by atoms with van der Waals surface area (Å²) in [6.45, 7) is 0.982. The zero-order valence-electron chi connectivity index (χ0n) is 9.74. The number of primary amides is 1. The molecule has 1 aliphatic rings. The van der Waals surface area contributed by atoms with Gasteiger partial charge in [-0.25, -0.2) is 4.68 Å². The van der Waals surface area contributed by atoms with Crippen LogP contribution in [0.25, 0.3) is 0 Å². The van der Waals surface area contributed by atoms with Crippen molar-refractivity contribution in [3.63, 3.8) is 0 Å². The number of nitrogens with two attached hydrogens (primary N) is 1. The summed E-state index contributed by atoms with van der Waals surface area (Å²) in [6, 6.07) is -1.81. The second-order valence-corrected chi connectivity index (χ2v) is 4.56. The van der Waals surface area contributed by atoms with Gasteiger partial charge in [0, 0.05) is 0 Å². The van der Waals surface area contributed by atoms with E-state index >= 15 is 0 Å². The van der Waals surface area contributed by atoms with E-state index in [-0.39, 0.29) is 11.4 Å². The van der Waals surface area contributed by atoms with Crippen molar-refractivity contribution in [1.82, 2.24) is 15.0 Å². The van der Waals surface area contributed by atoms with Gasteiger partial charge in [-0.05, 0) is 32.1 Å². The van der Waals surface area contributed by atoms with Crippen molar-refractivity contribution in [2.75, 3.05) is 0 Å². The Morgan fingerprint density at radius 3 is 2.61 bits per heavy atom. The number of hydrogen-bond acceptors (Lipinski definition) is 3. The first-order valence-electron chi connectivity index (χ1n) is 5.61. The standard InChI is InChI=1S/C10H13F3N4O/c1-5(10(11,12)13)17-7(4-6-2-3-6)8(9(14)18)15-16-17/h5-6H,2-4H2,1H3,(H2,14,18). The average Bonchev–Trinajstić information content (AvgIpc) is 2.94. The van der Waals surface area contributed by atoms with Crippen LogP contribution in [0, 0.1) is 5.92 Å². The molecule has 0 spiro atoms. The molecule has 1 amide bonds. The summed E-state index contributed by atoms with van der Waals surface area (Å²) < 4.78 is 38.8.